The molecule has 15 heavy (non-hydrogen) atoms. The Hall–Kier alpha value is -0.870. The van der Waals surface area contributed by atoms with E-state index in [-0.39, 0.29) is 5.41 Å². The Labute approximate surface area is 90.2 Å². The zero-order valence-corrected chi connectivity index (χ0v) is 9.47. The highest BCUT2D eigenvalue weighted by Gasteiger charge is 2.32. The van der Waals surface area contributed by atoms with Crippen LogP contribution in [0, 0.1) is 6.92 Å². The molecule has 1 fully saturated rings. The number of aryl methyl sites for hydroxylation is 1. The van der Waals surface area contributed by atoms with Crippen molar-refractivity contribution in [1.29, 1.82) is 0 Å². The largest absolute Gasteiger partial charge is 0.381 e. The lowest BCUT2D eigenvalue weighted by Gasteiger charge is -2.31. The van der Waals surface area contributed by atoms with Gasteiger partial charge in [-0.05, 0) is 19.8 Å². The summed E-state index contributed by atoms with van der Waals surface area (Å²) in [6, 6.07) is 0. The van der Waals surface area contributed by atoms with Gasteiger partial charge in [-0.2, -0.15) is 0 Å². The van der Waals surface area contributed by atoms with Gasteiger partial charge in [0.15, 0.2) is 0 Å². The summed E-state index contributed by atoms with van der Waals surface area (Å²) >= 11 is 0. The third kappa shape index (κ3) is 1.92. The van der Waals surface area contributed by atoms with E-state index in [1.165, 1.54) is 0 Å². The summed E-state index contributed by atoms with van der Waals surface area (Å²) in [5.74, 6) is 1.07. The Balaban J connectivity index is 2.27. The lowest BCUT2D eigenvalue weighted by Crippen LogP contribution is -2.31. The summed E-state index contributed by atoms with van der Waals surface area (Å²) in [5.41, 5.74) is 7.85. The van der Waals surface area contributed by atoms with Crippen molar-refractivity contribution in [3.63, 3.8) is 0 Å². The van der Waals surface area contributed by atoms with E-state index < -0.39 is 0 Å². The van der Waals surface area contributed by atoms with E-state index in [0.717, 1.165) is 43.3 Å². The second-order valence-corrected chi connectivity index (χ2v) is 4.53. The summed E-state index contributed by atoms with van der Waals surface area (Å²) in [6.07, 6.45) is 2.06. The minimum absolute atomic E-state index is 0.135. The SMILES string of the molecule is Cc1[nH]c(C2(C)CCOCC2)nc1CN. The molecule has 1 aromatic rings. The van der Waals surface area contributed by atoms with Crippen LogP contribution in [0.2, 0.25) is 0 Å². The number of nitrogens with two attached hydrogens (primary N) is 1. The zero-order chi connectivity index (χ0) is 10.9. The van der Waals surface area contributed by atoms with Crippen LogP contribution in [0.15, 0.2) is 0 Å². The number of ether oxygens (including phenoxy) is 1. The quantitative estimate of drug-likeness (QED) is 0.770. The maximum Gasteiger partial charge on any atom is 0.112 e. The Kier molecular flexibility index (Phi) is 2.80. The van der Waals surface area contributed by atoms with Crippen LogP contribution in [0.25, 0.3) is 0 Å². The molecule has 2 rings (SSSR count). The molecule has 2 heterocycles. The summed E-state index contributed by atoms with van der Waals surface area (Å²) in [4.78, 5) is 7.95. The number of aromatic nitrogens is 2. The maximum atomic E-state index is 5.63. The average molecular weight is 209 g/mol. The number of hydrogen-bond acceptors (Lipinski definition) is 3. The molecular formula is C11H19N3O. The zero-order valence-electron chi connectivity index (χ0n) is 9.47. The highest BCUT2D eigenvalue weighted by atomic mass is 16.5. The second kappa shape index (κ2) is 3.94. The first-order chi connectivity index (χ1) is 7.15. The first kappa shape index (κ1) is 10.6. The molecule has 1 saturated heterocycles. The molecule has 4 nitrogen and oxygen atoms in total. The van der Waals surface area contributed by atoms with Crippen LogP contribution >= 0.6 is 0 Å². The molecule has 0 aliphatic carbocycles. The van der Waals surface area contributed by atoms with Crippen LogP contribution in [-0.2, 0) is 16.7 Å². The van der Waals surface area contributed by atoms with E-state index in [2.05, 4.69) is 16.9 Å². The van der Waals surface area contributed by atoms with Gasteiger partial charge in [0.1, 0.15) is 5.82 Å². The molecule has 1 aliphatic rings. The minimum atomic E-state index is 0.135. The van der Waals surface area contributed by atoms with Crippen LogP contribution in [0.4, 0.5) is 0 Å². The topological polar surface area (TPSA) is 63.9 Å². The first-order valence-electron chi connectivity index (χ1n) is 5.49. The molecule has 0 atom stereocenters. The van der Waals surface area contributed by atoms with Crippen molar-refractivity contribution in [2.24, 2.45) is 5.73 Å². The van der Waals surface area contributed by atoms with Crippen molar-refractivity contribution >= 4 is 0 Å². The van der Waals surface area contributed by atoms with Gasteiger partial charge in [-0.25, -0.2) is 4.98 Å². The van der Waals surface area contributed by atoms with Crippen LogP contribution in [0.1, 0.15) is 37.0 Å². The van der Waals surface area contributed by atoms with Crippen molar-refractivity contribution in [2.75, 3.05) is 13.2 Å². The van der Waals surface area contributed by atoms with Gasteiger partial charge >= 0.3 is 0 Å². The predicted molar refractivity (Wildman–Crippen MR) is 58.6 cm³/mol. The van der Waals surface area contributed by atoms with E-state index in [9.17, 15) is 0 Å². The predicted octanol–water partition coefficient (Wildman–Crippen LogP) is 1.24. The Morgan fingerprint density at radius 1 is 1.47 bits per heavy atom. The van der Waals surface area contributed by atoms with E-state index in [0.29, 0.717) is 6.54 Å². The van der Waals surface area contributed by atoms with E-state index >= 15 is 0 Å². The molecule has 3 N–H and O–H groups in total. The molecular weight excluding hydrogens is 190 g/mol. The monoisotopic (exact) mass is 209 g/mol. The van der Waals surface area contributed by atoms with E-state index in [4.69, 9.17) is 10.5 Å². The molecule has 0 amide bonds. The second-order valence-electron chi connectivity index (χ2n) is 4.53. The van der Waals surface area contributed by atoms with Crippen LogP contribution < -0.4 is 5.73 Å². The van der Waals surface area contributed by atoms with Gasteiger partial charge in [0.2, 0.25) is 0 Å². The highest BCUT2D eigenvalue weighted by Crippen LogP contribution is 2.32. The first-order valence-corrected chi connectivity index (χ1v) is 5.49. The number of rotatable bonds is 2. The van der Waals surface area contributed by atoms with Crippen LogP contribution in [0.5, 0.6) is 0 Å². The Morgan fingerprint density at radius 3 is 2.67 bits per heavy atom. The number of hydrogen-bond donors (Lipinski definition) is 2. The van der Waals surface area contributed by atoms with Crippen molar-refractivity contribution in [3.8, 4) is 0 Å². The number of nitrogens with one attached hydrogen (secondary N) is 1. The number of imidazole rings is 1. The molecule has 0 spiro atoms. The summed E-state index contributed by atoms with van der Waals surface area (Å²) in [5, 5.41) is 0. The van der Waals surface area contributed by atoms with Gasteiger partial charge in [0.25, 0.3) is 0 Å². The fourth-order valence-corrected chi connectivity index (χ4v) is 2.04. The smallest absolute Gasteiger partial charge is 0.112 e. The average Bonchev–Trinajstić information content (AvgIpc) is 2.61. The third-order valence-electron chi connectivity index (χ3n) is 3.35. The van der Waals surface area contributed by atoms with Gasteiger partial charge < -0.3 is 15.5 Å². The Morgan fingerprint density at radius 2 is 2.13 bits per heavy atom. The van der Waals surface area contributed by atoms with Gasteiger partial charge in [0, 0.05) is 30.9 Å². The standard InChI is InChI=1S/C11H19N3O/c1-8-9(7-12)14-10(13-8)11(2)3-5-15-6-4-11/h3-7,12H2,1-2H3,(H,13,14). The van der Waals surface area contributed by atoms with Crippen molar-refractivity contribution in [3.05, 3.63) is 17.2 Å². The molecule has 0 saturated carbocycles. The van der Waals surface area contributed by atoms with Crippen molar-refractivity contribution in [2.45, 2.75) is 38.6 Å². The third-order valence-corrected chi connectivity index (χ3v) is 3.35. The Bertz CT molecular complexity index is 340. The molecule has 0 unspecified atom stereocenters. The highest BCUT2D eigenvalue weighted by molar-refractivity contribution is 5.18. The fraction of sp³-hybridized carbons (Fsp3) is 0.727. The summed E-state index contributed by atoms with van der Waals surface area (Å²) < 4.78 is 5.38. The lowest BCUT2D eigenvalue weighted by atomic mass is 9.82. The van der Waals surface area contributed by atoms with Crippen molar-refractivity contribution in [1.82, 2.24) is 9.97 Å². The van der Waals surface area contributed by atoms with Crippen molar-refractivity contribution < 1.29 is 4.74 Å². The molecule has 0 aromatic carbocycles. The minimum Gasteiger partial charge on any atom is -0.381 e. The molecule has 0 radical (unpaired) electrons. The summed E-state index contributed by atoms with van der Waals surface area (Å²) in [7, 11) is 0. The van der Waals surface area contributed by atoms with E-state index in [1.807, 2.05) is 6.92 Å². The van der Waals surface area contributed by atoms with E-state index in [1.54, 1.807) is 0 Å². The van der Waals surface area contributed by atoms with Gasteiger partial charge in [-0.15, -0.1) is 0 Å². The number of aromatic amines is 1. The molecule has 1 aromatic heterocycles. The fourth-order valence-electron chi connectivity index (χ4n) is 2.04. The lowest BCUT2D eigenvalue weighted by molar-refractivity contribution is 0.0537. The summed E-state index contributed by atoms with van der Waals surface area (Å²) in [6.45, 7) is 6.44. The molecule has 0 bridgehead atoms. The van der Waals surface area contributed by atoms with Gasteiger partial charge in [-0.3, -0.25) is 0 Å². The molecule has 4 heteroatoms. The maximum absolute atomic E-state index is 5.63. The number of H-pyrrole nitrogens is 1. The normalized spacial score (nSPS) is 20.5. The number of nitrogens with zero attached hydrogens (tertiary/aromatic N) is 1. The van der Waals surface area contributed by atoms with Gasteiger partial charge in [-0.1, -0.05) is 6.92 Å². The molecule has 84 valence electrons. The van der Waals surface area contributed by atoms with Crippen LogP contribution in [-0.4, -0.2) is 23.2 Å². The van der Waals surface area contributed by atoms with Crippen LogP contribution in [0.3, 0.4) is 0 Å². The van der Waals surface area contributed by atoms with Gasteiger partial charge in [0.05, 0.1) is 5.69 Å². The molecule has 1 aliphatic heterocycles.